The summed E-state index contributed by atoms with van der Waals surface area (Å²) in [5.41, 5.74) is 3.47. The van der Waals surface area contributed by atoms with Crippen molar-refractivity contribution in [2.75, 3.05) is 12.4 Å². The predicted octanol–water partition coefficient (Wildman–Crippen LogP) is 4.31. The van der Waals surface area contributed by atoms with Gasteiger partial charge in [0, 0.05) is 5.39 Å². The normalized spacial score (nSPS) is 10.7. The van der Waals surface area contributed by atoms with Gasteiger partial charge in [-0.3, -0.25) is 4.79 Å². The van der Waals surface area contributed by atoms with E-state index in [0.29, 0.717) is 17.0 Å². The van der Waals surface area contributed by atoms with Gasteiger partial charge in [0.2, 0.25) is 0 Å². The number of nitrogens with one attached hydrogen (secondary N) is 1. The van der Waals surface area contributed by atoms with Gasteiger partial charge in [-0.25, -0.2) is 0 Å². The first kappa shape index (κ1) is 14.2. The first-order valence-corrected chi connectivity index (χ1v) is 7.03. The Hall–Kier alpha value is -2.75. The number of benzene rings is 2. The summed E-state index contributed by atoms with van der Waals surface area (Å²) in [6.07, 6.45) is 0. The zero-order chi connectivity index (χ0) is 15.7. The topological polar surface area (TPSA) is 51.5 Å². The van der Waals surface area contributed by atoms with Crippen molar-refractivity contribution in [2.45, 2.75) is 13.8 Å². The summed E-state index contributed by atoms with van der Waals surface area (Å²) in [5.74, 6) is 0.604. The first-order valence-electron chi connectivity index (χ1n) is 7.03. The van der Waals surface area contributed by atoms with Crippen molar-refractivity contribution < 1.29 is 13.9 Å². The van der Waals surface area contributed by atoms with Gasteiger partial charge in [0.15, 0.2) is 5.76 Å². The summed E-state index contributed by atoms with van der Waals surface area (Å²) < 4.78 is 10.9. The summed E-state index contributed by atoms with van der Waals surface area (Å²) in [7, 11) is 1.57. The molecule has 0 unspecified atom stereocenters. The summed E-state index contributed by atoms with van der Waals surface area (Å²) in [6.45, 7) is 3.94. The minimum absolute atomic E-state index is 0.282. The molecule has 112 valence electrons. The summed E-state index contributed by atoms with van der Waals surface area (Å²) in [6, 6.07) is 13.2. The predicted molar refractivity (Wildman–Crippen MR) is 86.6 cm³/mol. The largest absolute Gasteiger partial charge is 0.495 e. The van der Waals surface area contributed by atoms with E-state index in [1.165, 1.54) is 0 Å². The Morgan fingerprint density at radius 3 is 2.55 bits per heavy atom. The zero-order valence-electron chi connectivity index (χ0n) is 12.8. The monoisotopic (exact) mass is 295 g/mol. The van der Waals surface area contributed by atoms with Gasteiger partial charge >= 0.3 is 0 Å². The van der Waals surface area contributed by atoms with Gasteiger partial charge in [-0.1, -0.05) is 18.2 Å². The standard InChI is InChI=1S/C18H17NO3/c1-11-5-7-15(21-3)14(8-11)19-18(20)17-10-13-6-4-12(2)9-16(13)22-17/h4-10H,1-3H3,(H,19,20). The maximum absolute atomic E-state index is 12.4. The van der Waals surface area contributed by atoms with Crippen LogP contribution in [-0.2, 0) is 0 Å². The molecule has 1 aromatic heterocycles. The molecule has 0 aliphatic heterocycles. The van der Waals surface area contributed by atoms with Crippen molar-refractivity contribution in [1.29, 1.82) is 0 Å². The van der Waals surface area contributed by atoms with Crippen molar-refractivity contribution >= 4 is 22.6 Å². The third-order valence-electron chi connectivity index (χ3n) is 3.50. The van der Waals surface area contributed by atoms with Crippen molar-refractivity contribution in [3.8, 4) is 5.75 Å². The van der Waals surface area contributed by atoms with Crippen LogP contribution in [0.2, 0.25) is 0 Å². The number of furan rings is 1. The highest BCUT2D eigenvalue weighted by Gasteiger charge is 2.14. The third kappa shape index (κ3) is 2.68. The van der Waals surface area contributed by atoms with E-state index in [0.717, 1.165) is 16.5 Å². The molecule has 0 bridgehead atoms. The van der Waals surface area contributed by atoms with Crippen LogP contribution in [0.1, 0.15) is 21.7 Å². The van der Waals surface area contributed by atoms with Gasteiger partial charge in [-0.05, 0) is 49.2 Å². The zero-order valence-corrected chi connectivity index (χ0v) is 12.8. The Balaban J connectivity index is 1.91. The van der Waals surface area contributed by atoms with Crippen LogP contribution < -0.4 is 10.1 Å². The highest BCUT2D eigenvalue weighted by atomic mass is 16.5. The maximum atomic E-state index is 12.4. The fourth-order valence-electron chi connectivity index (χ4n) is 2.35. The molecule has 0 saturated carbocycles. The molecule has 4 heteroatoms. The van der Waals surface area contributed by atoms with Gasteiger partial charge < -0.3 is 14.5 Å². The van der Waals surface area contributed by atoms with Gasteiger partial charge in [0.05, 0.1) is 12.8 Å². The molecule has 3 aromatic rings. The molecule has 0 spiro atoms. The molecular formula is C18H17NO3. The van der Waals surface area contributed by atoms with E-state index in [1.807, 2.05) is 50.2 Å². The number of hydrogen-bond acceptors (Lipinski definition) is 3. The number of anilines is 1. The smallest absolute Gasteiger partial charge is 0.291 e. The first-order chi connectivity index (χ1) is 10.6. The number of fused-ring (bicyclic) bond motifs is 1. The van der Waals surface area contributed by atoms with E-state index < -0.39 is 0 Å². The molecule has 1 amide bonds. The minimum atomic E-state index is -0.294. The second-order valence-electron chi connectivity index (χ2n) is 5.31. The maximum Gasteiger partial charge on any atom is 0.291 e. The van der Waals surface area contributed by atoms with E-state index in [1.54, 1.807) is 13.2 Å². The fraction of sp³-hybridized carbons (Fsp3) is 0.167. The Morgan fingerprint density at radius 2 is 1.77 bits per heavy atom. The second kappa shape index (κ2) is 5.56. The fourth-order valence-corrected chi connectivity index (χ4v) is 2.35. The Kier molecular flexibility index (Phi) is 3.59. The molecule has 0 radical (unpaired) electrons. The molecule has 3 rings (SSSR count). The lowest BCUT2D eigenvalue weighted by Crippen LogP contribution is -2.11. The highest BCUT2D eigenvalue weighted by molar-refractivity contribution is 6.05. The number of rotatable bonds is 3. The third-order valence-corrected chi connectivity index (χ3v) is 3.50. The molecule has 0 aliphatic carbocycles. The lowest BCUT2D eigenvalue weighted by Gasteiger charge is -2.09. The molecule has 0 atom stereocenters. The van der Waals surface area contributed by atoms with Crippen LogP contribution in [0.25, 0.3) is 11.0 Å². The van der Waals surface area contributed by atoms with Gasteiger partial charge in [-0.2, -0.15) is 0 Å². The number of aryl methyl sites for hydroxylation is 2. The Morgan fingerprint density at radius 1 is 1.05 bits per heavy atom. The van der Waals surface area contributed by atoms with Crippen LogP contribution in [-0.4, -0.2) is 13.0 Å². The molecule has 1 heterocycles. The molecular weight excluding hydrogens is 278 g/mol. The summed E-state index contributed by atoms with van der Waals surface area (Å²) in [4.78, 5) is 12.4. The van der Waals surface area contributed by atoms with Crippen molar-refractivity contribution in [3.63, 3.8) is 0 Å². The average molecular weight is 295 g/mol. The molecule has 22 heavy (non-hydrogen) atoms. The SMILES string of the molecule is COc1ccc(C)cc1NC(=O)c1cc2ccc(C)cc2o1. The second-order valence-corrected chi connectivity index (χ2v) is 5.31. The molecule has 1 N–H and O–H groups in total. The number of ether oxygens (including phenoxy) is 1. The van der Waals surface area contributed by atoms with E-state index >= 15 is 0 Å². The van der Waals surface area contributed by atoms with Crippen molar-refractivity contribution in [1.82, 2.24) is 0 Å². The van der Waals surface area contributed by atoms with Crippen LogP contribution >= 0.6 is 0 Å². The van der Waals surface area contributed by atoms with Crippen molar-refractivity contribution in [3.05, 3.63) is 59.4 Å². The summed E-state index contributed by atoms with van der Waals surface area (Å²) >= 11 is 0. The number of hydrogen-bond donors (Lipinski definition) is 1. The lowest BCUT2D eigenvalue weighted by atomic mass is 10.2. The van der Waals surface area contributed by atoms with E-state index in [4.69, 9.17) is 9.15 Å². The molecule has 0 aliphatic rings. The van der Waals surface area contributed by atoms with Crippen molar-refractivity contribution in [2.24, 2.45) is 0 Å². The molecule has 4 nitrogen and oxygen atoms in total. The van der Waals surface area contributed by atoms with Gasteiger partial charge in [0.25, 0.3) is 5.91 Å². The lowest BCUT2D eigenvalue weighted by molar-refractivity contribution is 0.0998. The van der Waals surface area contributed by atoms with E-state index in [2.05, 4.69) is 5.32 Å². The number of methoxy groups -OCH3 is 1. The number of carbonyl (C=O) groups excluding carboxylic acids is 1. The molecule has 0 fully saturated rings. The van der Waals surface area contributed by atoms with Crippen LogP contribution in [0.15, 0.2) is 46.9 Å². The number of carbonyl (C=O) groups is 1. The van der Waals surface area contributed by atoms with Crippen LogP contribution in [0, 0.1) is 13.8 Å². The van der Waals surface area contributed by atoms with E-state index in [-0.39, 0.29) is 11.7 Å². The Labute approximate surface area is 128 Å². The molecule has 0 saturated heterocycles. The van der Waals surface area contributed by atoms with Crippen LogP contribution in [0.5, 0.6) is 5.75 Å². The van der Waals surface area contributed by atoms with Crippen LogP contribution in [0.4, 0.5) is 5.69 Å². The quantitative estimate of drug-likeness (QED) is 0.783. The number of amides is 1. The highest BCUT2D eigenvalue weighted by Crippen LogP contribution is 2.27. The summed E-state index contributed by atoms with van der Waals surface area (Å²) in [5, 5.41) is 3.75. The Bertz CT molecular complexity index is 849. The van der Waals surface area contributed by atoms with Gasteiger partial charge in [-0.15, -0.1) is 0 Å². The average Bonchev–Trinajstić information content (AvgIpc) is 2.90. The minimum Gasteiger partial charge on any atom is -0.495 e. The van der Waals surface area contributed by atoms with E-state index in [9.17, 15) is 4.79 Å². The van der Waals surface area contributed by atoms with Crippen LogP contribution in [0.3, 0.4) is 0 Å². The molecule has 2 aromatic carbocycles. The van der Waals surface area contributed by atoms with Gasteiger partial charge in [0.1, 0.15) is 11.3 Å².